The fourth-order valence-electron chi connectivity index (χ4n) is 2.88. The van der Waals surface area contributed by atoms with Crippen LogP contribution in [0.3, 0.4) is 0 Å². The predicted octanol–water partition coefficient (Wildman–Crippen LogP) is 1.99. The van der Waals surface area contributed by atoms with E-state index in [1.165, 1.54) is 12.8 Å². The zero-order chi connectivity index (χ0) is 14.5. The van der Waals surface area contributed by atoms with E-state index in [4.69, 9.17) is 4.74 Å². The van der Waals surface area contributed by atoms with Crippen molar-refractivity contribution in [2.75, 3.05) is 13.7 Å². The molecule has 1 unspecified atom stereocenters. The van der Waals surface area contributed by atoms with Gasteiger partial charge in [-0.1, -0.05) is 13.3 Å². The summed E-state index contributed by atoms with van der Waals surface area (Å²) in [6.07, 6.45) is 4.09. The number of aryl methyl sites for hydroxylation is 2. The molecule has 1 aromatic heterocycles. The van der Waals surface area contributed by atoms with Crippen LogP contribution in [0.4, 0.5) is 0 Å². The minimum absolute atomic E-state index is 0.0981. The summed E-state index contributed by atoms with van der Waals surface area (Å²) >= 11 is 0. The molecule has 20 heavy (non-hydrogen) atoms. The van der Waals surface area contributed by atoms with E-state index in [0.29, 0.717) is 0 Å². The summed E-state index contributed by atoms with van der Waals surface area (Å²) in [5, 5.41) is 4.58. The van der Waals surface area contributed by atoms with Gasteiger partial charge in [-0.25, -0.2) is 0 Å². The lowest BCUT2D eigenvalue weighted by Gasteiger charge is -2.33. The Balaban J connectivity index is 2.13. The number of carbonyl (C=O) groups is 1. The van der Waals surface area contributed by atoms with Crippen LogP contribution in [0.25, 0.3) is 0 Å². The highest BCUT2D eigenvalue weighted by atomic mass is 16.5. The third kappa shape index (κ3) is 3.20. The molecule has 1 aromatic rings. The van der Waals surface area contributed by atoms with Crippen molar-refractivity contribution in [1.29, 1.82) is 0 Å². The van der Waals surface area contributed by atoms with Crippen molar-refractivity contribution in [3.63, 3.8) is 0 Å². The molecule has 0 aliphatic carbocycles. The van der Waals surface area contributed by atoms with Crippen LogP contribution in [0, 0.1) is 0 Å². The fourth-order valence-corrected chi connectivity index (χ4v) is 2.88. The quantitative estimate of drug-likeness (QED) is 0.773. The van der Waals surface area contributed by atoms with E-state index in [2.05, 4.69) is 29.9 Å². The number of hydrogen-bond donors (Lipinski definition) is 0. The highest BCUT2D eigenvalue weighted by Gasteiger charge is 2.30. The van der Waals surface area contributed by atoms with Crippen molar-refractivity contribution >= 4 is 5.97 Å². The second-order valence-electron chi connectivity index (χ2n) is 5.30. The summed E-state index contributed by atoms with van der Waals surface area (Å²) in [5.41, 5.74) is 2.31. The molecule has 0 radical (unpaired) electrons. The molecule has 1 fully saturated rings. The van der Waals surface area contributed by atoms with Gasteiger partial charge in [-0.15, -0.1) is 0 Å². The number of aromatic nitrogens is 2. The maximum absolute atomic E-state index is 11.9. The van der Waals surface area contributed by atoms with E-state index in [0.717, 1.165) is 51.0 Å². The van der Waals surface area contributed by atoms with Gasteiger partial charge in [0.15, 0.2) is 0 Å². The highest BCUT2D eigenvalue weighted by Crippen LogP contribution is 2.21. The number of ether oxygens (including phenoxy) is 1. The van der Waals surface area contributed by atoms with Crippen LogP contribution < -0.4 is 0 Å². The Kier molecular flexibility index (Phi) is 5.17. The third-order valence-electron chi connectivity index (χ3n) is 4.03. The average Bonchev–Trinajstić information content (AvgIpc) is 2.89. The highest BCUT2D eigenvalue weighted by molar-refractivity contribution is 5.75. The number of esters is 1. The van der Waals surface area contributed by atoms with Crippen molar-refractivity contribution in [3.8, 4) is 0 Å². The van der Waals surface area contributed by atoms with Gasteiger partial charge < -0.3 is 4.74 Å². The minimum atomic E-state index is -0.108. The molecule has 112 valence electrons. The van der Waals surface area contributed by atoms with Gasteiger partial charge >= 0.3 is 5.97 Å². The number of rotatable bonds is 5. The van der Waals surface area contributed by atoms with Crippen LogP contribution in [0.5, 0.6) is 0 Å². The molecule has 1 atom stereocenters. The van der Waals surface area contributed by atoms with Gasteiger partial charge in [0.25, 0.3) is 0 Å². The van der Waals surface area contributed by atoms with Crippen LogP contribution >= 0.6 is 0 Å². The Hall–Kier alpha value is -1.36. The molecular formula is C15H25N3O2. The van der Waals surface area contributed by atoms with Gasteiger partial charge in [0, 0.05) is 13.1 Å². The zero-order valence-corrected chi connectivity index (χ0v) is 12.8. The lowest BCUT2D eigenvalue weighted by atomic mass is 10.0. The number of methoxy groups -OCH3 is 1. The van der Waals surface area contributed by atoms with Crippen molar-refractivity contribution in [3.05, 3.63) is 17.5 Å². The van der Waals surface area contributed by atoms with E-state index in [1.807, 2.05) is 4.68 Å². The van der Waals surface area contributed by atoms with Crippen LogP contribution in [-0.4, -0.2) is 40.3 Å². The SMILES string of the molecule is CCc1cc(CN2CCCCC2C(=O)OC)n(CC)n1. The fraction of sp³-hybridized carbons (Fsp3) is 0.733. The summed E-state index contributed by atoms with van der Waals surface area (Å²) in [4.78, 5) is 14.1. The molecule has 1 saturated heterocycles. The van der Waals surface area contributed by atoms with E-state index in [-0.39, 0.29) is 12.0 Å². The lowest BCUT2D eigenvalue weighted by Crippen LogP contribution is -2.44. The average molecular weight is 279 g/mol. The Bertz CT molecular complexity index is 456. The van der Waals surface area contributed by atoms with E-state index < -0.39 is 0 Å². The molecule has 0 bridgehead atoms. The Morgan fingerprint density at radius 1 is 1.45 bits per heavy atom. The normalized spacial score (nSPS) is 20.1. The molecular weight excluding hydrogens is 254 g/mol. The van der Waals surface area contributed by atoms with E-state index in [1.54, 1.807) is 0 Å². The topological polar surface area (TPSA) is 47.4 Å². The first kappa shape index (κ1) is 15.0. The van der Waals surface area contributed by atoms with E-state index >= 15 is 0 Å². The van der Waals surface area contributed by atoms with Gasteiger partial charge in [0.2, 0.25) is 0 Å². The van der Waals surface area contributed by atoms with Gasteiger partial charge in [-0.3, -0.25) is 14.4 Å². The summed E-state index contributed by atoms with van der Waals surface area (Å²) in [7, 11) is 1.47. The first-order valence-electron chi connectivity index (χ1n) is 7.57. The molecule has 5 nitrogen and oxygen atoms in total. The summed E-state index contributed by atoms with van der Waals surface area (Å²) < 4.78 is 6.98. The van der Waals surface area contributed by atoms with Crippen LogP contribution in [0.15, 0.2) is 6.07 Å². The van der Waals surface area contributed by atoms with Crippen LogP contribution in [-0.2, 0) is 29.0 Å². The van der Waals surface area contributed by atoms with Crippen LogP contribution in [0.1, 0.15) is 44.5 Å². The van der Waals surface area contributed by atoms with Crippen molar-refractivity contribution in [1.82, 2.24) is 14.7 Å². The first-order chi connectivity index (χ1) is 9.69. The van der Waals surface area contributed by atoms with E-state index in [9.17, 15) is 4.79 Å². The maximum atomic E-state index is 11.9. The summed E-state index contributed by atoms with van der Waals surface area (Å²) in [6.45, 7) is 6.82. The number of hydrogen-bond acceptors (Lipinski definition) is 4. The Morgan fingerprint density at radius 2 is 2.25 bits per heavy atom. The van der Waals surface area contributed by atoms with Gasteiger partial charge in [-0.2, -0.15) is 5.10 Å². The Labute approximate surface area is 120 Å². The summed E-state index contributed by atoms with van der Waals surface area (Å²) in [5.74, 6) is -0.108. The second-order valence-corrected chi connectivity index (χ2v) is 5.30. The monoisotopic (exact) mass is 279 g/mol. The molecule has 0 saturated carbocycles. The van der Waals surface area contributed by atoms with Crippen molar-refractivity contribution in [2.24, 2.45) is 0 Å². The molecule has 1 aliphatic heterocycles. The van der Waals surface area contributed by atoms with Gasteiger partial charge in [-0.05, 0) is 38.8 Å². The smallest absolute Gasteiger partial charge is 0.323 e. The molecule has 0 aromatic carbocycles. The first-order valence-corrected chi connectivity index (χ1v) is 7.57. The molecule has 5 heteroatoms. The second kappa shape index (κ2) is 6.88. The maximum Gasteiger partial charge on any atom is 0.323 e. The lowest BCUT2D eigenvalue weighted by molar-refractivity contribution is -0.148. The minimum Gasteiger partial charge on any atom is -0.468 e. The third-order valence-corrected chi connectivity index (χ3v) is 4.03. The standard InChI is InChI=1S/C15H25N3O2/c1-4-12-10-13(18(5-2)16-12)11-17-9-7-6-8-14(17)15(19)20-3/h10,14H,4-9,11H2,1-3H3. The van der Waals surface area contributed by atoms with Crippen LogP contribution in [0.2, 0.25) is 0 Å². The number of piperidine rings is 1. The number of carbonyl (C=O) groups excluding carboxylic acids is 1. The molecule has 0 N–H and O–H groups in total. The van der Waals surface area contributed by atoms with Crippen molar-refractivity contribution < 1.29 is 9.53 Å². The Morgan fingerprint density at radius 3 is 2.90 bits per heavy atom. The molecule has 0 amide bonds. The van der Waals surface area contributed by atoms with Gasteiger partial charge in [0.05, 0.1) is 18.5 Å². The molecule has 2 rings (SSSR count). The zero-order valence-electron chi connectivity index (χ0n) is 12.8. The van der Waals surface area contributed by atoms with Gasteiger partial charge in [0.1, 0.15) is 6.04 Å². The largest absolute Gasteiger partial charge is 0.468 e. The molecule has 2 heterocycles. The summed E-state index contributed by atoms with van der Waals surface area (Å²) in [6, 6.07) is 2.06. The van der Waals surface area contributed by atoms with Crippen molar-refractivity contribution in [2.45, 2.75) is 58.7 Å². The predicted molar refractivity (Wildman–Crippen MR) is 77.3 cm³/mol. The number of nitrogens with zero attached hydrogens (tertiary/aromatic N) is 3. The molecule has 1 aliphatic rings. The molecule has 0 spiro atoms. The number of likely N-dealkylation sites (tertiary alicyclic amines) is 1.